The third-order valence-electron chi connectivity index (χ3n) is 3.41. The molecule has 1 atom stereocenters. The Bertz CT molecular complexity index is 347. The highest BCUT2D eigenvalue weighted by Gasteiger charge is 2.24. The van der Waals surface area contributed by atoms with Gasteiger partial charge in [-0.15, -0.1) is 0 Å². The van der Waals surface area contributed by atoms with Crippen molar-refractivity contribution in [2.75, 3.05) is 13.1 Å². The van der Waals surface area contributed by atoms with E-state index in [1.165, 1.54) is 5.56 Å². The van der Waals surface area contributed by atoms with E-state index in [9.17, 15) is 0 Å². The van der Waals surface area contributed by atoms with E-state index in [4.69, 9.17) is 0 Å². The monoisotopic (exact) mass is 251 g/mol. The highest BCUT2D eigenvalue weighted by molar-refractivity contribution is 5.06. The van der Waals surface area contributed by atoms with Crippen molar-refractivity contribution >= 4 is 0 Å². The quantitative estimate of drug-likeness (QED) is 0.842. The van der Waals surface area contributed by atoms with Gasteiger partial charge >= 0.3 is 0 Å². The minimum atomic E-state index is 0.319. The van der Waals surface area contributed by atoms with Crippen molar-refractivity contribution in [1.82, 2.24) is 15.1 Å². The Hall–Kier alpha value is -0.830. The highest BCUT2D eigenvalue weighted by atomic mass is 15.2. The number of hydrogen-bond donors (Lipinski definition) is 1. The van der Waals surface area contributed by atoms with Crippen LogP contribution in [-0.2, 0) is 13.5 Å². The molecule has 1 aromatic rings. The van der Waals surface area contributed by atoms with Crippen LogP contribution in [-0.4, -0.2) is 22.9 Å². The Morgan fingerprint density at radius 2 is 1.94 bits per heavy atom. The van der Waals surface area contributed by atoms with E-state index in [1.54, 1.807) is 0 Å². The first kappa shape index (κ1) is 15.2. The number of rotatable bonds is 6. The summed E-state index contributed by atoms with van der Waals surface area (Å²) in [5.74, 6) is 1.35. The molecule has 0 aliphatic rings. The fourth-order valence-electron chi connectivity index (χ4n) is 2.09. The van der Waals surface area contributed by atoms with Crippen LogP contribution < -0.4 is 5.32 Å². The zero-order chi connectivity index (χ0) is 13.8. The average Bonchev–Trinajstić information content (AvgIpc) is 2.60. The van der Waals surface area contributed by atoms with E-state index in [1.807, 2.05) is 17.9 Å². The second kappa shape index (κ2) is 6.37. The molecular formula is C15H29N3. The largest absolute Gasteiger partial charge is 0.316 e. The van der Waals surface area contributed by atoms with Crippen molar-refractivity contribution in [2.24, 2.45) is 24.3 Å². The maximum atomic E-state index is 4.26. The summed E-state index contributed by atoms with van der Waals surface area (Å²) in [6.07, 6.45) is 5.21. The summed E-state index contributed by atoms with van der Waals surface area (Å²) in [4.78, 5) is 0. The summed E-state index contributed by atoms with van der Waals surface area (Å²) >= 11 is 0. The Morgan fingerprint density at radius 3 is 2.39 bits per heavy atom. The van der Waals surface area contributed by atoms with Crippen molar-refractivity contribution < 1.29 is 0 Å². The molecule has 0 radical (unpaired) electrons. The zero-order valence-corrected chi connectivity index (χ0v) is 12.8. The van der Waals surface area contributed by atoms with Gasteiger partial charge in [-0.05, 0) is 42.3 Å². The fourth-order valence-corrected chi connectivity index (χ4v) is 2.09. The minimum absolute atomic E-state index is 0.319. The van der Waals surface area contributed by atoms with Crippen LogP contribution in [0.2, 0.25) is 0 Å². The summed E-state index contributed by atoms with van der Waals surface area (Å²) in [6.45, 7) is 13.7. The molecule has 3 nitrogen and oxygen atoms in total. The van der Waals surface area contributed by atoms with E-state index in [2.05, 4.69) is 51.2 Å². The minimum Gasteiger partial charge on any atom is -0.316 e. The van der Waals surface area contributed by atoms with Crippen molar-refractivity contribution in [3.63, 3.8) is 0 Å². The van der Waals surface area contributed by atoms with E-state index in [-0.39, 0.29) is 0 Å². The normalized spacial score (nSPS) is 14.2. The Labute approximate surface area is 112 Å². The molecule has 0 saturated heterocycles. The molecule has 1 aromatic heterocycles. The number of hydrogen-bond acceptors (Lipinski definition) is 2. The maximum absolute atomic E-state index is 4.26. The van der Waals surface area contributed by atoms with Crippen LogP contribution >= 0.6 is 0 Å². The Balaban J connectivity index is 2.56. The summed E-state index contributed by atoms with van der Waals surface area (Å²) in [6, 6.07) is 0. The second-order valence-electron chi connectivity index (χ2n) is 6.84. The molecule has 3 heteroatoms. The molecule has 1 rings (SSSR count). The first-order chi connectivity index (χ1) is 8.29. The van der Waals surface area contributed by atoms with Crippen molar-refractivity contribution in [3.8, 4) is 0 Å². The van der Waals surface area contributed by atoms with Crippen molar-refractivity contribution in [2.45, 2.75) is 41.0 Å². The van der Waals surface area contributed by atoms with Gasteiger partial charge in [0.1, 0.15) is 0 Å². The van der Waals surface area contributed by atoms with Gasteiger partial charge in [-0.1, -0.05) is 34.6 Å². The third kappa shape index (κ3) is 5.21. The molecule has 0 bridgehead atoms. The standard InChI is InChI=1S/C15H29N3/c1-12(2)8-16-10-14(15(3,4)5)7-13-9-17-18(6)11-13/h9,11-12,14,16H,7-8,10H2,1-6H3. The molecular weight excluding hydrogens is 222 g/mol. The molecule has 0 saturated carbocycles. The lowest BCUT2D eigenvalue weighted by atomic mass is 9.77. The van der Waals surface area contributed by atoms with Crippen LogP contribution in [0.25, 0.3) is 0 Å². The van der Waals surface area contributed by atoms with Gasteiger partial charge in [0.05, 0.1) is 6.20 Å². The topological polar surface area (TPSA) is 29.9 Å². The van der Waals surface area contributed by atoms with Gasteiger partial charge in [-0.2, -0.15) is 5.10 Å². The second-order valence-corrected chi connectivity index (χ2v) is 6.84. The van der Waals surface area contributed by atoms with Gasteiger partial charge in [0.15, 0.2) is 0 Å². The SMILES string of the molecule is CC(C)CNCC(Cc1cnn(C)c1)C(C)(C)C. The lowest BCUT2D eigenvalue weighted by molar-refractivity contribution is 0.228. The zero-order valence-electron chi connectivity index (χ0n) is 12.8. The first-order valence-corrected chi connectivity index (χ1v) is 6.97. The molecule has 0 aliphatic carbocycles. The Kier molecular flexibility index (Phi) is 5.39. The van der Waals surface area contributed by atoms with Crippen LogP contribution in [0, 0.1) is 17.3 Å². The van der Waals surface area contributed by atoms with Crippen LogP contribution in [0.1, 0.15) is 40.2 Å². The fraction of sp³-hybridized carbons (Fsp3) is 0.800. The molecule has 0 spiro atoms. The van der Waals surface area contributed by atoms with Crippen LogP contribution in [0.15, 0.2) is 12.4 Å². The molecule has 0 aromatic carbocycles. The van der Waals surface area contributed by atoms with Crippen LogP contribution in [0.5, 0.6) is 0 Å². The van der Waals surface area contributed by atoms with E-state index < -0.39 is 0 Å². The predicted octanol–water partition coefficient (Wildman–Crippen LogP) is 2.87. The predicted molar refractivity (Wildman–Crippen MR) is 77.6 cm³/mol. The number of nitrogens with zero attached hydrogens (tertiary/aromatic N) is 2. The molecule has 1 N–H and O–H groups in total. The molecule has 0 amide bonds. The number of aryl methyl sites for hydroxylation is 1. The smallest absolute Gasteiger partial charge is 0.0521 e. The third-order valence-corrected chi connectivity index (χ3v) is 3.41. The summed E-state index contributed by atoms with van der Waals surface area (Å²) < 4.78 is 1.89. The van der Waals surface area contributed by atoms with Gasteiger partial charge in [-0.3, -0.25) is 4.68 Å². The van der Waals surface area contributed by atoms with Crippen LogP contribution in [0.3, 0.4) is 0 Å². The number of nitrogens with one attached hydrogen (secondary N) is 1. The van der Waals surface area contributed by atoms with E-state index in [0.29, 0.717) is 17.3 Å². The maximum Gasteiger partial charge on any atom is 0.0521 e. The molecule has 104 valence electrons. The van der Waals surface area contributed by atoms with Crippen molar-refractivity contribution in [3.05, 3.63) is 18.0 Å². The average molecular weight is 251 g/mol. The molecule has 1 unspecified atom stereocenters. The van der Waals surface area contributed by atoms with Crippen LogP contribution in [0.4, 0.5) is 0 Å². The molecule has 0 fully saturated rings. The van der Waals surface area contributed by atoms with E-state index >= 15 is 0 Å². The molecule has 1 heterocycles. The van der Waals surface area contributed by atoms with Gasteiger partial charge in [0.25, 0.3) is 0 Å². The molecule has 18 heavy (non-hydrogen) atoms. The van der Waals surface area contributed by atoms with E-state index in [0.717, 1.165) is 19.5 Å². The summed E-state index contributed by atoms with van der Waals surface area (Å²) in [7, 11) is 1.98. The summed E-state index contributed by atoms with van der Waals surface area (Å²) in [5, 5.41) is 7.85. The van der Waals surface area contributed by atoms with Gasteiger partial charge in [-0.25, -0.2) is 0 Å². The van der Waals surface area contributed by atoms with Crippen molar-refractivity contribution in [1.29, 1.82) is 0 Å². The molecule has 0 aliphatic heterocycles. The summed E-state index contributed by atoms with van der Waals surface area (Å²) in [5.41, 5.74) is 1.66. The van der Waals surface area contributed by atoms with Gasteiger partial charge in [0, 0.05) is 13.2 Å². The first-order valence-electron chi connectivity index (χ1n) is 6.97. The number of aromatic nitrogens is 2. The lowest BCUT2D eigenvalue weighted by Gasteiger charge is -2.31. The van der Waals surface area contributed by atoms with Gasteiger partial charge < -0.3 is 5.32 Å². The Morgan fingerprint density at radius 1 is 1.28 bits per heavy atom. The van der Waals surface area contributed by atoms with Gasteiger partial charge in [0.2, 0.25) is 0 Å². The highest BCUT2D eigenvalue weighted by Crippen LogP contribution is 2.28. The lowest BCUT2D eigenvalue weighted by Crippen LogP contribution is -2.34.